The Kier molecular flexibility index (Phi) is 3.87. The van der Waals surface area contributed by atoms with Gasteiger partial charge in [-0.2, -0.15) is 0 Å². The molecule has 0 spiro atoms. The number of hydrogen-bond donors (Lipinski definition) is 1. The maximum absolute atomic E-state index is 10.6. The Morgan fingerprint density at radius 3 is 2.93 bits per heavy atom. The molecule has 14 heavy (non-hydrogen) atoms. The summed E-state index contributed by atoms with van der Waals surface area (Å²) in [5, 5.41) is 9.57. The van der Waals surface area contributed by atoms with Crippen molar-refractivity contribution in [2.45, 2.75) is 51.6 Å². The average molecular weight is 196 g/mol. The first-order chi connectivity index (χ1) is 6.51. The van der Waals surface area contributed by atoms with E-state index in [0.717, 1.165) is 38.4 Å². The van der Waals surface area contributed by atoms with Crippen LogP contribution in [0.2, 0.25) is 0 Å². The first kappa shape index (κ1) is 11.4. The van der Waals surface area contributed by atoms with E-state index in [4.69, 9.17) is 0 Å². The Labute approximate surface area is 86.0 Å². The van der Waals surface area contributed by atoms with E-state index in [2.05, 4.69) is 6.08 Å². The number of aliphatic hydroxyl groups is 1. The van der Waals surface area contributed by atoms with E-state index in [1.165, 1.54) is 5.57 Å². The molecule has 0 bridgehead atoms. The highest BCUT2D eigenvalue weighted by Gasteiger charge is 2.17. The first-order valence-electron chi connectivity index (χ1n) is 5.37. The topological polar surface area (TPSA) is 37.3 Å². The molecule has 2 nitrogen and oxygen atoms in total. The molecular weight excluding hydrogens is 176 g/mol. The summed E-state index contributed by atoms with van der Waals surface area (Å²) in [5.41, 5.74) is 0.755. The first-order valence-corrected chi connectivity index (χ1v) is 5.37. The summed E-state index contributed by atoms with van der Waals surface area (Å²) < 4.78 is 0. The van der Waals surface area contributed by atoms with Gasteiger partial charge in [0.15, 0.2) is 0 Å². The molecule has 0 radical (unpaired) electrons. The Hall–Kier alpha value is -0.630. The zero-order valence-electron chi connectivity index (χ0n) is 9.12. The summed E-state index contributed by atoms with van der Waals surface area (Å²) in [4.78, 5) is 10.6. The van der Waals surface area contributed by atoms with Crippen LogP contribution in [0.5, 0.6) is 0 Å². The lowest BCUT2D eigenvalue weighted by Gasteiger charge is -2.22. The van der Waals surface area contributed by atoms with Crippen molar-refractivity contribution in [1.29, 1.82) is 0 Å². The minimum Gasteiger partial charge on any atom is -0.390 e. The SMILES string of the molecule is CC(C)(O)CCC1=CCCC(C=O)C1. The fraction of sp³-hybridized carbons (Fsp3) is 0.750. The van der Waals surface area contributed by atoms with Crippen molar-refractivity contribution in [2.75, 3.05) is 0 Å². The zero-order chi connectivity index (χ0) is 10.6. The van der Waals surface area contributed by atoms with Gasteiger partial charge < -0.3 is 9.90 Å². The van der Waals surface area contributed by atoms with E-state index in [1.54, 1.807) is 0 Å². The van der Waals surface area contributed by atoms with E-state index in [0.29, 0.717) is 0 Å². The average Bonchev–Trinajstić information content (AvgIpc) is 2.14. The molecule has 0 aromatic rings. The maximum atomic E-state index is 10.6. The van der Waals surface area contributed by atoms with Gasteiger partial charge >= 0.3 is 0 Å². The van der Waals surface area contributed by atoms with Crippen molar-refractivity contribution in [3.05, 3.63) is 11.6 Å². The van der Waals surface area contributed by atoms with E-state index >= 15 is 0 Å². The molecule has 1 atom stereocenters. The van der Waals surface area contributed by atoms with Crippen molar-refractivity contribution in [3.8, 4) is 0 Å². The highest BCUT2D eigenvalue weighted by atomic mass is 16.3. The number of hydrogen-bond acceptors (Lipinski definition) is 2. The number of carbonyl (C=O) groups excluding carboxylic acids is 1. The van der Waals surface area contributed by atoms with Crippen LogP contribution in [0.4, 0.5) is 0 Å². The normalized spacial score (nSPS) is 23.1. The molecule has 80 valence electrons. The van der Waals surface area contributed by atoms with Gasteiger partial charge in [0.1, 0.15) is 6.29 Å². The molecule has 1 aliphatic carbocycles. The van der Waals surface area contributed by atoms with Crippen molar-refractivity contribution >= 4 is 6.29 Å². The molecule has 0 amide bonds. The smallest absolute Gasteiger partial charge is 0.123 e. The zero-order valence-corrected chi connectivity index (χ0v) is 9.12. The summed E-state index contributed by atoms with van der Waals surface area (Å²) in [5.74, 6) is 0.219. The summed E-state index contributed by atoms with van der Waals surface area (Å²) in [6, 6.07) is 0. The summed E-state index contributed by atoms with van der Waals surface area (Å²) >= 11 is 0. The monoisotopic (exact) mass is 196 g/mol. The molecule has 1 rings (SSSR count). The Bertz CT molecular complexity index is 223. The van der Waals surface area contributed by atoms with Gasteiger partial charge in [-0.3, -0.25) is 0 Å². The van der Waals surface area contributed by atoms with Gasteiger partial charge in [0.05, 0.1) is 5.60 Å². The van der Waals surface area contributed by atoms with Crippen molar-refractivity contribution < 1.29 is 9.90 Å². The molecule has 0 aliphatic heterocycles. The van der Waals surface area contributed by atoms with E-state index < -0.39 is 5.60 Å². The second kappa shape index (κ2) is 4.74. The molecule has 1 N–H and O–H groups in total. The molecule has 0 saturated carbocycles. The minimum absolute atomic E-state index is 0.219. The number of aldehydes is 1. The fourth-order valence-corrected chi connectivity index (χ4v) is 1.81. The van der Waals surface area contributed by atoms with Crippen LogP contribution in [0.1, 0.15) is 46.0 Å². The largest absolute Gasteiger partial charge is 0.390 e. The minimum atomic E-state index is -0.588. The Balaban J connectivity index is 2.38. The van der Waals surface area contributed by atoms with Gasteiger partial charge in [-0.15, -0.1) is 0 Å². The molecule has 0 aromatic heterocycles. The lowest BCUT2D eigenvalue weighted by Crippen LogP contribution is -2.19. The molecule has 2 heteroatoms. The van der Waals surface area contributed by atoms with Gasteiger partial charge in [0, 0.05) is 5.92 Å². The lowest BCUT2D eigenvalue weighted by atomic mass is 9.86. The number of carbonyl (C=O) groups is 1. The van der Waals surface area contributed by atoms with Crippen LogP contribution in [0, 0.1) is 5.92 Å². The van der Waals surface area contributed by atoms with Gasteiger partial charge in [0.25, 0.3) is 0 Å². The predicted octanol–water partition coefficient (Wildman–Crippen LogP) is 2.46. The molecule has 0 fully saturated rings. The summed E-state index contributed by atoms with van der Waals surface area (Å²) in [6.45, 7) is 3.65. The van der Waals surface area contributed by atoms with Crippen LogP contribution in [0.25, 0.3) is 0 Å². The highest BCUT2D eigenvalue weighted by molar-refractivity contribution is 5.54. The van der Waals surface area contributed by atoms with E-state index in [-0.39, 0.29) is 5.92 Å². The molecule has 1 aliphatic rings. The van der Waals surface area contributed by atoms with Gasteiger partial charge in [-0.1, -0.05) is 11.6 Å². The highest BCUT2D eigenvalue weighted by Crippen LogP contribution is 2.27. The maximum Gasteiger partial charge on any atom is 0.123 e. The van der Waals surface area contributed by atoms with Crippen molar-refractivity contribution in [1.82, 2.24) is 0 Å². The fourth-order valence-electron chi connectivity index (χ4n) is 1.81. The number of rotatable bonds is 4. The van der Waals surface area contributed by atoms with Crippen LogP contribution in [-0.2, 0) is 4.79 Å². The summed E-state index contributed by atoms with van der Waals surface area (Å²) in [7, 11) is 0. The molecular formula is C12H20O2. The van der Waals surface area contributed by atoms with E-state index in [1.807, 2.05) is 13.8 Å². The molecule has 0 heterocycles. The van der Waals surface area contributed by atoms with Gasteiger partial charge in [-0.25, -0.2) is 0 Å². The summed E-state index contributed by atoms with van der Waals surface area (Å²) in [6.07, 6.45) is 7.92. The number of allylic oxidation sites excluding steroid dienone is 2. The van der Waals surface area contributed by atoms with Crippen LogP contribution in [-0.4, -0.2) is 17.0 Å². The third kappa shape index (κ3) is 4.05. The third-order valence-electron chi connectivity index (χ3n) is 2.75. The quantitative estimate of drug-likeness (QED) is 0.554. The third-order valence-corrected chi connectivity index (χ3v) is 2.75. The lowest BCUT2D eigenvalue weighted by molar-refractivity contribution is -0.111. The standard InChI is InChI=1S/C12H20O2/c1-12(2,14)7-6-10-4-3-5-11(8-10)9-13/h4,9,11,14H,3,5-8H2,1-2H3. The Morgan fingerprint density at radius 1 is 1.64 bits per heavy atom. The van der Waals surface area contributed by atoms with Crippen molar-refractivity contribution in [2.24, 2.45) is 5.92 Å². The van der Waals surface area contributed by atoms with E-state index in [9.17, 15) is 9.90 Å². The van der Waals surface area contributed by atoms with Crippen LogP contribution >= 0.6 is 0 Å². The molecule has 0 saturated heterocycles. The Morgan fingerprint density at radius 2 is 2.36 bits per heavy atom. The van der Waals surface area contributed by atoms with Crippen LogP contribution in [0.3, 0.4) is 0 Å². The molecule has 1 unspecified atom stereocenters. The second-order valence-electron chi connectivity index (χ2n) is 4.85. The second-order valence-corrected chi connectivity index (χ2v) is 4.85. The molecule has 0 aromatic carbocycles. The van der Waals surface area contributed by atoms with Gasteiger partial charge in [-0.05, 0) is 46.0 Å². The van der Waals surface area contributed by atoms with Crippen molar-refractivity contribution in [3.63, 3.8) is 0 Å². The van der Waals surface area contributed by atoms with Crippen LogP contribution < -0.4 is 0 Å². The van der Waals surface area contributed by atoms with Gasteiger partial charge in [0.2, 0.25) is 0 Å². The van der Waals surface area contributed by atoms with Crippen LogP contribution in [0.15, 0.2) is 11.6 Å². The predicted molar refractivity (Wildman–Crippen MR) is 57.0 cm³/mol.